The fraction of sp³-hybridized carbons (Fsp3) is 0.526. The van der Waals surface area contributed by atoms with Crippen LogP contribution in [-0.4, -0.2) is 44.6 Å². The largest absolute Gasteiger partial charge is 0.347 e. The topological polar surface area (TPSA) is 87.3 Å². The van der Waals surface area contributed by atoms with Crippen molar-refractivity contribution in [2.75, 3.05) is 11.5 Å². The molecule has 0 unspecified atom stereocenters. The lowest BCUT2D eigenvalue weighted by Gasteiger charge is -2.33. The van der Waals surface area contributed by atoms with Gasteiger partial charge in [0.15, 0.2) is 5.67 Å². The molecule has 148 valence electrons. The van der Waals surface area contributed by atoms with Crippen LogP contribution in [0.4, 0.5) is 9.18 Å². The van der Waals surface area contributed by atoms with Crippen molar-refractivity contribution >= 4 is 41.4 Å². The van der Waals surface area contributed by atoms with Crippen LogP contribution in [0.2, 0.25) is 0 Å². The van der Waals surface area contributed by atoms with Gasteiger partial charge in [0.2, 0.25) is 0 Å². The van der Waals surface area contributed by atoms with Gasteiger partial charge in [0.25, 0.3) is 11.8 Å². The molecule has 5 rings (SSSR count). The third kappa shape index (κ3) is 2.26. The van der Waals surface area contributed by atoms with Crippen molar-refractivity contribution in [2.45, 2.75) is 34.7 Å². The predicted octanol–water partition coefficient (Wildman–Crippen LogP) is 1.98. The highest BCUT2D eigenvalue weighted by molar-refractivity contribution is 8.21. The van der Waals surface area contributed by atoms with Crippen LogP contribution in [0.15, 0.2) is 30.3 Å². The highest BCUT2D eigenvalue weighted by Crippen LogP contribution is 2.78. The van der Waals surface area contributed by atoms with Crippen molar-refractivity contribution in [3.8, 4) is 0 Å². The van der Waals surface area contributed by atoms with Crippen molar-refractivity contribution in [3.05, 3.63) is 35.9 Å². The first-order chi connectivity index (χ1) is 13.3. The summed E-state index contributed by atoms with van der Waals surface area (Å²) in [6.45, 7) is 1.81. The molecule has 4 amide bonds. The molecule has 6 nitrogen and oxygen atoms in total. The number of carbonyl (C=O) groups excluding carboxylic acids is 3. The minimum absolute atomic E-state index is 0.356. The standard InChI is InChI=1S/C19H20FN3O3S2/c1-10(11-5-3-2-4-6-11)21-15(25)19(20)12-13(19)18(27-7-8-28-18)9-17(12)14(24)22-16(26)23-17/h2-6,10,12-13H,7-9H2,1H3,(H,21,25)(H2,22,23,24,26)/t10-,12-,13+,17+,19+/m1/s1. The lowest BCUT2D eigenvalue weighted by molar-refractivity contribution is -0.131. The molecular formula is C19H20FN3O3S2. The molecule has 2 spiro atoms. The van der Waals surface area contributed by atoms with E-state index < -0.39 is 45.0 Å². The van der Waals surface area contributed by atoms with Gasteiger partial charge in [-0.1, -0.05) is 30.3 Å². The van der Waals surface area contributed by atoms with E-state index in [1.807, 2.05) is 37.3 Å². The number of thioether (sulfide) groups is 2. The van der Waals surface area contributed by atoms with Gasteiger partial charge in [-0.2, -0.15) is 0 Å². The number of hydrogen-bond acceptors (Lipinski definition) is 5. The van der Waals surface area contributed by atoms with Crippen molar-refractivity contribution in [1.82, 2.24) is 16.0 Å². The molecule has 3 N–H and O–H groups in total. The van der Waals surface area contributed by atoms with Crippen LogP contribution in [0.3, 0.4) is 0 Å². The Morgan fingerprint density at radius 1 is 1.21 bits per heavy atom. The Bertz CT molecular complexity index is 878. The first kappa shape index (κ1) is 18.3. The van der Waals surface area contributed by atoms with Gasteiger partial charge in [-0.15, -0.1) is 23.5 Å². The van der Waals surface area contributed by atoms with Crippen molar-refractivity contribution in [1.29, 1.82) is 0 Å². The molecule has 0 radical (unpaired) electrons. The molecule has 0 aromatic heterocycles. The van der Waals surface area contributed by atoms with E-state index in [2.05, 4.69) is 16.0 Å². The maximum atomic E-state index is 16.2. The van der Waals surface area contributed by atoms with E-state index >= 15 is 4.39 Å². The molecule has 4 fully saturated rings. The summed E-state index contributed by atoms with van der Waals surface area (Å²) in [5.74, 6) is -0.952. The first-order valence-corrected chi connectivity index (χ1v) is 11.3. The summed E-state index contributed by atoms with van der Waals surface area (Å²) in [4.78, 5) is 37.5. The van der Waals surface area contributed by atoms with Gasteiger partial charge in [-0.3, -0.25) is 14.9 Å². The van der Waals surface area contributed by atoms with Gasteiger partial charge in [-0.25, -0.2) is 9.18 Å². The van der Waals surface area contributed by atoms with Crippen LogP contribution >= 0.6 is 23.5 Å². The molecule has 2 aliphatic heterocycles. The first-order valence-electron chi connectivity index (χ1n) is 9.30. The molecular weight excluding hydrogens is 401 g/mol. The van der Waals surface area contributed by atoms with Crippen molar-refractivity contribution in [3.63, 3.8) is 0 Å². The molecule has 1 aromatic rings. The van der Waals surface area contributed by atoms with Crippen molar-refractivity contribution in [2.24, 2.45) is 11.8 Å². The Kier molecular flexibility index (Phi) is 3.85. The molecule has 1 aromatic carbocycles. The van der Waals surface area contributed by atoms with Crippen LogP contribution in [-0.2, 0) is 9.59 Å². The zero-order chi connectivity index (χ0) is 19.7. The highest BCUT2D eigenvalue weighted by atomic mass is 32.2. The van der Waals surface area contributed by atoms with Crippen LogP contribution in [0.25, 0.3) is 0 Å². The number of urea groups is 1. The number of carbonyl (C=O) groups is 3. The monoisotopic (exact) mass is 421 g/mol. The van der Waals surface area contributed by atoms with Gasteiger partial charge < -0.3 is 10.6 Å². The highest BCUT2D eigenvalue weighted by Gasteiger charge is 2.90. The number of nitrogens with one attached hydrogen (secondary N) is 3. The van der Waals surface area contributed by atoms with Gasteiger partial charge in [0, 0.05) is 29.8 Å². The summed E-state index contributed by atoms with van der Waals surface area (Å²) in [6, 6.07) is 8.39. The van der Waals surface area contributed by atoms with E-state index in [0.717, 1.165) is 17.1 Å². The summed E-state index contributed by atoms with van der Waals surface area (Å²) in [5.41, 5.74) is -2.62. The van der Waals surface area contributed by atoms with E-state index in [1.54, 1.807) is 23.5 Å². The zero-order valence-corrected chi connectivity index (χ0v) is 16.8. The average Bonchev–Trinajstić information content (AvgIpc) is 2.95. The van der Waals surface area contributed by atoms with Crippen molar-refractivity contribution < 1.29 is 18.8 Å². The van der Waals surface area contributed by atoms with E-state index in [0.29, 0.717) is 6.42 Å². The zero-order valence-electron chi connectivity index (χ0n) is 15.2. The molecule has 2 aliphatic carbocycles. The summed E-state index contributed by atoms with van der Waals surface area (Å²) in [6.07, 6.45) is 0.357. The molecule has 5 atom stereocenters. The third-order valence-electron chi connectivity index (χ3n) is 6.40. The van der Waals surface area contributed by atoms with Gasteiger partial charge in [0.1, 0.15) is 5.54 Å². The Morgan fingerprint density at radius 3 is 2.50 bits per heavy atom. The number of rotatable bonds is 3. The molecule has 4 aliphatic rings. The summed E-state index contributed by atoms with van der Waals surface area (Å²) in [7, 11) is 0. The Hall–Kier alpha value is -1.74. The quantitative estimate of drug-likeness (QED) is 0.650. The van der Waals surface area contributed by atoms with Gasteiger partial charge in [0.05, 0.1) is 10.1 Å². The minimum atomic E-state index is -2.17. The lowest BCUT2D eigenvalue weighted by Crippen LogP contribution is -2.54. The van der Waals surface area contributed by atoms with Crippen LogP contribution in [0, 0.1) is 11.8 Å². The van der Waals surface area contributed by atoms with E-state index in [9.17, 15) is 14.4 Å². The molecule has 9 heteroatoms. The SMILES string of the molecule is C[C@@H](NC(=O)[C@@]1(F)[C@H]2[C@@H]1[C@]1(CC23SCCS3)NC(=O)NC1=O)c1ccccc1. The number of amides is 4. The van der Waals surface area contributed by atoms with E-state index in [4.69, 9.17) is 0 Å². The number of imide groups is 1. The van der Waals surface area contributed by atoms with Crippen LogP contribution in [0.1, 0.15) is 24.9 Å². The summed E-state index contributed by atoms with van der Waals surface area (Å²) in [5, 5.41) is 7.71. The van der Waals surface area contributed by atoms with E-state index in [-0.39, 0.29) is 6.04 Å². The minimum Gasteiger partial charge on any atom is -0.347 e. The fourth-order valence-electron chi connectivity index (χ4n) is 5.20. The van der Waals surface area contributed by atoms with Gasteiger partial charge >= 0.3 is 6.03 Å². The maximum absolute atomic E-state index is 16.2. The summed E-state index contributed by atoms with van der Waals surface area (Å²) < 4.78 is 15.6. The fourth-order valence-corrected chi connectivity index (χ4v) is 9.02. The average molecular weight is 422 g/mol. The molecule has 2 saturated heterocycles. The van der Waals surface area contributed by atoms with Gasteiger partial charge in [-0.05, 0) is 12.5 Å². The molecule has 0 bridgehead atoms. The molecule has 28 heavy (non-hydrogen) atoms. The van der Waals surface area contributed by atoms with Crippen LogP contribution < -0.4 is 16.0 Å². The third-order valence-corrected chi connectivity index (χ3v) is 9.96. The number of hydrogen-bond donors (Lipinski definition) is 3. The number of benzene rings is 1. The second-order valence-corrected chi connectivity index (χ2v) is 11.0. The van der Waals surface area contributed by atoms with Crippen LogP contribution in [0.5, 0.6) is 0 Å². The number of halogens is 1. The predicted molar refractivity (Wildman–Crippen MR) is 105 cm³/mol. The second kappa shape index (κ2) is 5.89. The second-order valence-electron chi connectivity index (χ2n) is 7.89. The Labute approximate surface area is 170 Å². The Morgan fingerprint density at radius 2 is 1.89 bits per heavy atom. The smallest absolute Gasteiger partial charge is 0.322 e. The molecule has 2 heterocycles. The maximum Gasteiger partial charge on any atom is 0.322 e. The Balaban J connectivity index is 1.46. The number of fused-ring (bicyclic) bond motifs is 3. The summed E-state index contributed by atoms with van der Waals surface area (Å²) >= 11 is 3.23. The van der Waals surface area contributed by atoms with E-state index in [1.165, 1.54) is 0 Å². The molecule has 2 saturated carbocycles. The lowest BCUT2D eigenvalue weighted by atomic mass is 9.89. The normalized spacial score (nSPS) is 38.2. The number of alkyl halides is 1.